The number of benzene rings is 1. The van der Waals surface area contributed by atoms with Crippen LogP contribution in [0.25, 0.3) is 16.9 Å². The molecule has 0 aliphatic heterocycles. The zero-order valence-electron chi connectivity index (χ0n) is 16.9. The summed E-state index contributed by atoms with van der Waals surface area (Å²) >= 11 is 2.71. The van der Waals surface area contributed by atoms with E-state index in [0.29, 0.717) is 10.9 Å². The van der Waals surface area contributed by atoms with Crippen LogP contribution in [0.2, 0.25) is 0 Å². The quantitative estimate of drug-likeness (QED) is 0.404. The standard InChI is InChI=1S/C21H22FN3O3S2/c1-13-10-17(14(2)25(13)16-6-4-15(22)5-7-16)18-11-30-21(23-18)24-19(26)8-9-29-12-20(27)28-3/h4-7,10-11H,8-9,12H2,1-3H3,(H,23,24,26). The molecule has 0 fully saturated rings. The Morgan fingerprint density at radius 2 is 2.00 bits per heavy atom. The molecule has 0 bridgehead atoms. The van der Waals surface area contributed by atoms with Crippen molar-refractivity contribution in [1.29, 1.82) is 0 Å². The summed E-state index contributed by atoms with van der Waals surface area (Å²) in [4.78, 5) is 27.7. The number of anilines is 1. The molecule has 0 saturated heterocycles. The van der Waals surface area contributed by atoms with E-state index in [1.807, 2.05) is 29.9 Å². The number of aryl methyl sites for hydroxylation is 1. The molecule has 0 unspecified atom stereocenters. The van der Waals surface area contributed by atoms with Crippen LogP contribution in [0.15, 0.2) is 35.7 Å². The number of rotatable bonds is 8. The number of hydrogen-bond donors (Lipinski definition) is 1. The number of carbonyl (C=O) groups is 2. The molecule has 2 heterocycles. The number of carbonyl (C=O) groups excluding carboxylic acids is 2. The monoisotopic (exact) mass is 447 g/mol. The molecule has 1 amide bonds. The first-order chi connectivity index (χ1) is 14.4. The maximum Gasteiger partial charge on any atom is 0.315 e. The minimum atomic E-state index is -0.303. The molecule has 0 aliphatic rings. The van der Waals surface area contributed by atoms with Crippen LogP contribution < -0.4 is 5.32 Å². The van der Waals surface area contributed by atoms with Crippen molar-refractivity contribution in [2.75, 3.05) is 23.9 Å². The maximum absolute atomic E-state index is 13.3. The lowest BCUT2D eigenvalue weighted by atomic mass is 10.2. The second kappa shape index (κ2) is 9.90. The van der Waals surface area contributed by atoms with Crippen molar-refractivity contribution in [3.63, 3.8) is 0 Å². The van der Waals surface area contributed by atoms with Crippen molar-refractivity contribution in [1.82, 2.24) is 9.55 Å². The number of esters is 1. The lowest BCUT2D eigenvalue weighted by molar-refractivity contribution is -0.137. The van der Waals surface area contributed by atoms with Crippen molar-refractivity contribution in [2.24, 2.45) is 0 Å². The number of nitrogens with one attached hydrogen (secondary N) is 1. The number of ether oxygens (including phenoxy) is 1. The molecule has 0 atom stereocenters. The summed E-state index contributed by atoms with van der Waals surface area (Å²) in [5.41, 5.74) is 4.61. The molecule has 1 N–H and O–H groups in total. The van der Waals surface area contributed by atoms with Gasteiger partial charge in [0, 0.05) is 40.2 Å². The van der Waals surface area contributed by atoms with Gasteiger partial charge < -0.3 is 14.6 Å². The van der Waals surface area contributed by atoms with Gasteiger partial charge in [-0.2, -0.15) is 0 Å². The Balaban J connectivity index is 1.66. The second-order valence-electron chi connectivity index (χ2n) is 6.56. The fourth-order valence-electron chi connectivity index (χ4n) is 3.03. The molecule has 0 radical (unpaired) electrons. The Morgan fingerprint density at radius 3 is 2.70 bits per heavy atom. The van der Waals surface area contributed by atoms with Crippen LogP contribution in [-0.4, -0.2) is 40.0 Å². The molecule has 0 spiro atoms. The summed E-state index contributed by atoms with van der Waals surface area (Å²) in [6, 6.07) is 8.39. The zero-order chi connectivity index (χ0) is 21.7. The first-order valence-corrected chi connectivity index (χ1v) is 11.3. The smallest absolute Gasteiger partial charge is 0.315 e. The highest BCUT2D eigenvalue weighted by Crippen LogP contribution is 2.31. The molecule has 6 nitrogen and oxygen atoms in total. The predicted octanol–water partition coefficient (Wildman–Crippen LogP) is 4.59. The number of thioether (sulfide) groups is 1. The van der Waals surface area contributed by atoms with Gasteiger partial charge in [0.2, 0.25) is 5.91 Å². The topological polar surface area (TPSA) is 73.2 Å². The molecule has 158 valence electrons. The average Bonchev–Trinajstić information content (AvgIpc) is 3.29. The fourth-order valence-corrected chi connectivity index (χ4v) is 4.51. The van der Waals surface area contributed by atoms with E-state index in [2.05, 4.69) is 15.0 Å². The van der Waals surface area contributed by atoms with E-state index in [1.54, 1.807) is 12.1 Å². The van der Waals surface area contributed by atoms with Gasteiger partial charge in [-0.25, -0.2) is 9.37 Å². The normalized spacial score (nSPS) is 10.8. The Labute approximate surface area is 182 Å². The fraction of sp³-hybridized carbons (Fsp3) is 0.286. The molecule has 2 aromatic heterocycles. The van der Waals surface area contributed by atoms with Crippen LogP contribution in [-0.2, 0) is 14.3 Å². The van der Waals surface area contributed by atoms with Crippen LogP contribution in [0.1, 0.15) is 17.8 Å². The minimum absolute atomic E-state index is 0.148. The predicted molar refractivity (Wildman–Crippen MR) is 119 cm³/mol. The number of thiazole rings is 1. The van der Waals surface area contributed by atoms with Crippen LogP contribution in [0.3, 0.4) is 0 Å². The van der Waals surface area contributed by atoms with E-state index in [4.69, 9.17) is 0 Å². The van der Waals surface area contributed by atoms with E-state index < -0.39 is 0 Å². The van der Waals surface area contributed by atoms with Gasteiger partial charge in [0.15, 0.2) is 5.13 Å². The van der Waals surface area contributed by atoms with Crippen LogP contribution in [0, 0.1) is 19.7 Å². The molecule has 3 rings (SSSR count). The second-order valence-corrected chi connectivity index (χ2v) is 8.52. The van der Waals surface area contributed by atoms with Crippen LogP contribution in [0.4, 0.5) is 9.52 Å². The number of amides is 1. The SMILES string of the molecule is COC(=O)CSCCC(=O)Nc1nc(-c2cc(C)n(-c3ccc(F)cc3)c2C)cs1. The van der Waals surface area contributed by atoms with Crippen molar-refractivity contribution in [2.45, 2.75) is 20.3 Å². The minimum Gasteiger partial charge on any atom is -0.468 e. The van der Waals surface area contributed by atoms with Crippen molar-refractivity contribution >= 4 is 40.1 Å². The summed E-state index contributed by atoms with van der Waals surface area (Å²) in [7, 11) is 1.34. The van der Waals surface area contributed by atoms with Crippen molar-refractivity contribution < 1.29 is 18.7 Å². The summed E-state index contributed by atoms with van der Waals surface area (Å²) in [6.07, 6.45) is 0.287. The summed E-state index contributed by atoms with van der Waals surface area (Å²) in [6.45, 7) is 3.97. The molecule has 1 aromatic carbocycles. The average molecular weight is 448 g/mol. The molecule has 3 aromatic rings. The summed E-state index contributed by atoms with van der Waals surface area (Å²) in [5.74, 6) is 0.0330. The third-order valence-corrected chi connectivity index (χ3v) is 6.15. The van der Waals surface area contributed by atoms with Crippen molar-refractivity contribution in [3.05, 3.63) is 52.9 Å². The van der Waals surface area contributed by atoms with Gasteiger partial charge in [-0.3, -0.25) is 9.59 Å². The number of hydrogen-bond acceptors (Lipinski definition) is 6. The molecule has 30 heavy (non-hydrogen) atoms. The lowest BCUT2D eigenvalue weighted by Crippen LogP contribution is -2.13. The van der Waals surface area contributed by atoms with Gasteiger partial charge in [-0.05, 0) is 44.2 Å². The highest BCUT2D eigenvalue weighted by Gasteiger charge is 2.16. The van der Waals surface area contributed by atoms with E-state index in [0.717, 1.165) is 28.3 Å². The van der Waals surface area contributed by atoms with E-state index in [-0.39, 0.29) is 29.9 Å². The van der Waals surface area contributed by atoms with Crippen molar-refractivity contribution in [3.8, 4) is 16.9 Å². The zero-order valence-corrected chi connectivity index (χ0v) is 18.5. The van der Waals surface area contributed by atoms with Gasteiger partial charge >= 0.3 is 5.97 Å². The van der Waals surface area contributed by atoms with E-state index >= 15 is 0 Å². The first kappa shape index (κ1) is 22.0. The first-order valence-electron chi connectivity index (χ1n) is 9.24. The summed E-state index contributed by atoms with van der Waals surface area (Å²) in [5, 5.41) is 5.23. The number of aromatic nitrogens is 2. The molecule has 0 saturated carbocycles. The molecule has 0 aliphatic carbocycles. The maximum atomic E-state index is 13.3. The lowest BCUT2D eigenvalue weighted by Gasteiger charge is -2.09. The number of halogens is 1. The molecular weight excluding hydrogens is 425 g/mol. The van der Waals surface area contributed by atoms with Gasteiger partial charge in [0.05, 0.1) is 18.6 Å². The van der Waals surface area contributed by atoms with Gasteiger partial charge in [0.25, 0.3) is 0 Å². The summed E-state index contributed by atoms with van der Waals surface area (Å²) < 4.78 is 19.9. The third-order valence-electron chi connectivity index (χ3n) is 4.46. The van der Waals surface area contributed by atoms with E-state index in [9.17, 15) is 14.0 Å². The Hall–Kier alpha value is -2.65. The molecule has 9 heteroatoms. The third kappa shape index (κ3) is 5.28. The number of methoxy groups -OCH3 is 1. The Bertz CT molecular complexity index is 1040. The highest BCUT2D eigenvalue weighted by atomic mass is 32.2. The highest BCUT2D eigenvalue weighted by molar-refractivity contribution is 7.99. The Morgan fingerprint density at radius 1 is 1.27 bits per heavy atom. The van der Waals surface area contributed by atoms with E-state index in [1.165, 1.54) is 42.3 Å². The molecular formula is C21H22FN3O3S2. The van der Waals surface area contributed by atoms with Gasteiger partial charge in [-0.15, -0.1) is 23.1 Å². The van der Waals surface area contributed by atoms with Crippen LogP contribution >= 0.6 is 23.1 Å². The van der Waals surface area contributed by atoms with Gasteiger partial charge in [0.1, 0.15) is 5.82 Å². The number of nitrogens with zero attached hydrogens (tertiary/aromatic N) is 2. The Kier molecular flexibility index (Phi) is 7.28. The van der Waals surface area contributed by atoms with Gasteiger partial charge in [-0.1, -0.05) is 0 Å². The largest absolute Gasteiger partial charge is 0.468 e. The van der Waals surface area contributed by atoms with Crippen LogP contribution in [0.5, 0.6) is 0 Å².